The fourth-order valence-electron chi connectivity index (χ4n) is 12.3. The Morgan fingerprint density at radius 3 is 1.16 bits per heavy atom. The first kappa shape index (κ1) is 84.0. The quantitative estimate of drug-likeness (QED) is 0.0395. The number of benzene rings is 8. The largest absolute Gasteiger partial charge is 0.0622 e. The number of likely N-dealkylation sites (N-methyl/N-ethyl adjacent to an activating group) is 2. The second-order valence-corrected chi connectivity index (χ2v) is 32.3. The van der Waals surface area contributed by atoms with Gasteiger partial charge in [0.05, 0.1) is 47.1 Å². The molecule has 2 atom stereocenters. The minimum Gasteiger partial charge on any atom is -0.0622 e. The van der Waals surface area contributed by atoms with Crippen LogP contribution < -0.4 is 31.8 Å². The van der Waals surface area contributed by atoms with Crippen molar-refractivity contribution in [2.75, 3.05) is 40.4 Å². The summed E-state index contributed by atoms with van der Waals surface area (Å²) in [5.41, 5.74) is -2.40. The van der Waals surface area contributed by atoms with Crippen molar-refractivity contribution in [1.29, 1.82) is 0 Å². The van der Waals surface area contributed by atoms with Gasteiger partial charge in [-0.1, -0.05) is 235 Å². The summed E-state index contributed by atoms with van der Waals surface area (Å²) in [6.45, 7) is 4.35. The zero-order chi connectivity index (χ0) is 76.0. The summed E-state index contributed by atoms with van der Waals surface area (Å²) in [4.78, 5) is 50.4. The molecular formula is C83H81BrCl2F4N6O8P2Pd. The van der Waals surface area contributed by atoms with Gasteiger partial charge in [-0.15, -0.1) is 6.42 Å². The monoisotopic (exact) mass is 1680 g/mol. The molecule has 0 saturated carbocycles. The minimum absolute atomic E-state index is 0. The van der Waals surface area contributed by atoms with E-state index in [1.807, 2.05) is 6.07 Å². The van der Waals surface area contributed by atoms with E-state index in [4.69, 9.17) is 35.0 Å². The van der Waals surface area contributed by atoms with Gasteiger partial charge in [-0.25, -0.2) is 36.5 Å². The molecule has 2 amide bonds. The van der Waals surface area contributed by atoms with Gasteiger partial charge in [0.15, 0.2) is 11.4 Å². The van der Waals surface area contributed by atoms with Crippen molar-refractivity contribution in [1.82, 2.24) is 29.4 Å². The van der Waals surface area contributed by atoms with E-state index in [0.29, 0.717) is 61.4 Å². The molecule has 2 aliphatic carbocycles. The zero-order valence-corrected chi connectivity index (χ0v) is 64.8. The number of likely N-dealkylation sites (tertiary alicyclic amines) is 2. The minimum atomic E-state index is -3.18. The Bertz CT molecular complexity index is 4410. The van der Waals surface area contributed by atoms with Crippen LogP contribution in [0.3, 0.4) is 0 Å². The molecule has 0 spiro atoms. The summed E-state index contributed by atoms with van der Waals surface area (Å²) in [7, 11) is 12.0. The van der Waals surface area contributed by atoms with Gasteiger partial charge in [-0.05, 0) is 124 Å². The van der Waals surface area contributed by atoms with E-state index in [1.165, 1.54) is 51.0 Å². The Kier molecular flexibility index (Phi) is 31.0. The number of aliphatic hydroxyl groups is 2. The molecule has 560 valence electrons. The van der Waals surface area contributed by atoms with Crippen LogP contribution in [0.2, 0.25) is 0 Å². The van der Waals surface area contributed by atoms with E-state index < -0.39 is 56.7 Å². The van der Waals surface area contributed by atoms with Crippen LogP contribution in [0.15, 0.2) is 235 Å². The Morgan fingerprint density at radius 2 is 0.860 bits per heavy atom. The van der Waals surface area contributed by atoms with Gasteiger partial charge in [0.2, 0.25) is 11.2 Å². The molecule has 2 fully saturated rings. The van der Waals surface area contributed by atoms with Crippen LogP contribution in [0, 0.1) is 24.2 Å². The van der Waals surface area contributed by atoms with Crippen molar-refractivity contribution in [2.45, 2.75) is 95.7 Å². The summed E-state index contributed by atoms with van der Waals surface area (Å²) in [5, 5.41) is 36.5. The molecule has 14 nitrogen and oxygen atoms in total. The standard InChI is InChI=1S/C23H23F2N3O4.2C18H15P.C16H15BrF2N2O2.C7H9NO2.CH4.2ClH.Pd/c1-3-32-20(29)19-18-17(8-5-10-23(18,24)25)28(26-19)16-7-4-6-15(14-16)9-11-22(31)12-13-27(2)21(22)30;2*1-4-10-16(11-5-1)19(17-12-6-2-7-13-17)18-14-8-3-9-15-18;1-2-23-15(22)14-13-12(7-4-8-16(13,18)19)21(20-14)11-6-3-5-10(17)9-11;1-3-7(10)4-5-8(2)6(7)9;;;;/h4,6-7,14,31H,3,5,8,10,12-13H2,1-2H3;2*1-15H;3,5-6,9H,2,4,7-8H2,1H3;1,10H,4-5H2,2H3;1H4;2*1H;/q;;;;;;;;+2/p-2/t22-;;;;7-;;;;/m0...0..../s1. The molecule has 0 radical (unpaired) electrons. The molecule has 24 heteroatoms. The van der Waals surface area contributed by atoms with Crippen molar-refractivity contribution in [2.24, 2.45) is 0 Å². The number of ether oxygens (including phenoxy) is 2. The Morgan fingerprint density at radius 1 is 0.533 bits per heavy atom. The second-order valence-electron chi connectivity index (χ2n) is 24.5. The average molecular weight is 1690 g/mol. The van der Waals surface area contributed by atoms with Crippen molar-refractivity contribution in [3.05, 3.63) is 274 Å². The number of terminal acetylenes is 1. The van der Waals surface area contributed by atoms with Crippen molar-refractivity contribution in [3.63, 3.8) is 0 Å². The molecule has 2 aliphatic heterocycles. The number of hydrogen-bond acceptors (Lipinski definition) is 10. The molecular weight excluding hydrogens is 1600 g/mol. The first-order valence-electron chi connectivity index (χ1n) is 33.9. The topological polar surface area (TPSA) is 169 Å². The molecule has 8 aromatic carbocycles. The molecule has 10 aromatic rings. The van der Waals surface area contributed by atoms with Crippen LogP contribution in [0.4, 0.5) is 17.6 Å². The SMILES string of the molecule is C.C#C[C@]1(O)CCN(C)C1=O.CCOC(=O)c1nn(-c2cccc(Br)c2)c2c1C(F)(F)CCC2.CCOC(=O)c1nn(-c2cccc(C#C[C@]3(O)CCN(C)C3=O)c2)c2c1C(F)(F)CCC2.[Cl][Pd][Cl].c1ccc(P(c2ccccc2)c2ccccc2)cc1.c1ccc(P(c2ccccc2)c2ccccc2)cc1. The first-order chi connectivity index (χ1) is 51.0. The van der Waals surface area contributed by atoms with Gasteiger partial charge in [0.25, 0.3) is 23.7 Å². The molecule has 14 rings (SSSR count). The first-order valence-corrected chi connectivity index (χ1v) is 41.4. The third kappa shape index (κ3) is 21.2. The number of carbonyl (C=O) groups excluding carboxylic acids is 4. The van der Waals surface area contributed by atoms with E-state index in [2.05, 4.69) is 226 Å². The molecule has 4 aliphatic rings. The second kappa shape index (κ2) is 39.5. The van der Waals surface area contributed by atoms with E-state index in [-0.39, 0.29) is 96.4 Å². The normalized spacial score (nSPS) is 16.9. The van der Waals surface area contributed by atoms with Crippen LogP contribution in [-0.2, 0) is 59.7 Å². The number of amides is 2. The average Bonchev–Trinajstić information content (AvgIpc) is 1.61. The number of esters is 2. The molecule has 0 bridgehead atoms. The molecule has 0 unspecified atom stereocenters. The predicted molar refractivity (Wildman–Crippen MR) is 419 cm³/mol. The number of hydrogen-bond donors (Lipinski definition) is 2. The predicted octanol–water partition coefficient (Wildman–Crippen LogP) is 14.8. The van der Waals surface area contributed by atoms with Crippen LogP contribution in [0.25, 0.3) is 11.4 Å². The van der Waals surface area contributed by atoms with E-state index in [0.717, 1.165) is 4.47 Å². The van der Waals surface area contributed by atoms with Gasteiger partial charge >= 0.3 is 46.9 Å². The third-order valence-electron chi connectivity index (χ3n) is 17.3. The summed E-state index contributed by atoms with van der Waals surface area (Å²) in [6, 6.07) is 78.5. The van der Waals surface area contributed by atoms with Crippen molar-refractivity contribution in [3.8, 4) is 35.6 Å². The van der Waals surface area contributed by atoms with E-state index in [9.17, 15) is 47.0 Å². The fourth-order valence-corrected chi connectivity index (χ4v) is 17.3. The van der Waals surface area contributed by atoms with Crippen LogP contribution in [-0.4, -0.2) is 115 Å². The van der Waals surface area contributed by atoms with E-state index in [1.54, 1.807) is 70.4 Å². The van der Waals surface area contributed by atoms with Gasteiger partial charge in [-0.2, -0.15) is 10.2 Å². The molecule has 2 saturated heterocycles. The molecule has 4 heterocycles. The van der Waals surface area contributed by atoms with Gasteiger partial charge in [0.1, 0.15) is 0 Å². The smallest absolute Gasteiger partial charge is 0.0134 e. The van der Waals surface area contributed by atoms with Crippen LogP contribution >= 0.6 is 50.8 Å². The van der Waals surface area contributed by atoms with Crippen LogP contribution in [0.5, 0.6) is 0 Å². The van der Waals surface area contributed by atoms with Gasteiger partial charge in [0, 0.05) is 62.9 Å². The number of nitrogens with zero attached hydrogens (tertiary/aromatic N) is 6. The number of fused-ring (bicyclic) bond motifs is 2. The Hall–Kier alpha value is -8.60. The zero-order valence-electron chi connectivity index (χ0n) is 58.4. The van der Waals surface area contributed by atoms with Gasteiger partial charge in [-0.3, -0.25) is 9.59 Å². The van der Waals surface area contributed by atoms with E-state index >= 15 is 0 Å². The van der Waals surface area contributed by atoms with Crippen molar-refractivity contribution < 1.29 is 72.4 Å². The van der Waals surface area contributed by atoms with Crippen molar-refractivity contribution >= 4 is 106 Å². The summed E-state index contributed by atoms with van der Waals surface area (Å²) in [5.74, 6) is -1.23. The maximum atomic E-state index is 14.7. The maximum absolute atomic E-state index is 14.7. The maximum Gasteiger partial charge on any atom is -0.0134 e. The molecule has 2 N–H and O–H groups in total. The number of rotatable bonds is 12. The Labute approximate surface area is 649 Å². The summed E-state index contributed by atoms with van der Waals surface area (Å²) < 4.78 is 71.7. The fraction of sp³-hybridized carbons (Fsp3) is 0.253. The summed E-state index contributed by atoms with van der Waals surface area (Å²) in [6.07, 6.45) is 6.29. The summed E-state index contributed by atoms with van der Waals surface area (Å²) >= 11 is 3.25. The Balaban J connectivity index is 0.000000173. The van der Waals surface area contributed by atoms with Gasteiger partial charge < -0.3 is 29.5 Å². The third-order valence-corrected chi connectivity index (χ3v) is 22.7. The number of carbonyl (C=O) groups is 4. The number of alkyl halides is 4. The van der Waals surface area contributed by atoms with Crippen LogP contribution in [0.1, 0.15) is 109 Å². The number of halogens is 7. The molecule has 2 aromatic heterocycles. The molecule has 107 heavy (non-hydrogen) atoms. The number of aromatic nitrogens is 4.